The van der Waals surface area contributed by atoms with Crippen LogP contribution < -0.4 is 10.1 Å². The molecular weight excluding hydrogens is 369 g/mol. The van der Waals surface area contributed by atoms with E-state index < -0.39 is 6.10 Å². The van der Waals surface area contributed by atoms with Crippen molar-refractivity contribution in [2.24, 2.45) is 0 Å². The third-order valence-electron chi connectivity index (χ3n) is 4.54. The fraction of sp³-hybridized carbons (Fsp3) is 0.130. The van der Waals surface area contributed by atoms with Gasteiger partial charge in [0.25, 0.3) is 5.91 Å². The summed E-state index contributed by atoms with van der Waals surface area (Å²) >= 11 is 0. The van der Waals surface area contributed by atoms with Crippen LogP contribution in [0.25, 0.3) is 16.9 Å². The van der Waals surface area contributed by atoms with Crippen LogP contribution in [0.4, 0.5) is 10.1 Å². The maximum absolute atomic E-state index is 13.0. The fourth-order valence-corrected chi connectivity index (χ4v) is 2.99. The van der Waals surface area contributed by atoms with Gasteiger partial charge in [-0.25, -0.2) is 9.37 Å². The van der Waals surface area contributed by atoms with Crippen LogP contribution in [0.1, 0.15) is 12.5 Å². The van der Waals surface area contributed by atoms with Gasteiger partial charge in [-0.05, 0) is 67.9 Å². The Balaban J connectivity index is 1.49. The number of carbonyl (C=O) groups is 1. The molecule has 4 rings (SSSR count). The number of hydrogen-bond acceptors (Lipinski definition) is 3. The molecule has 0 saturated heterocycles. The van der Waals surface area contributed by atoms with E-state index in [1.54, 1.807) is 6.92 Å². The van der Waals surface area contributed by atoms with E-state index in [9.17, 15) is 9.18 Å². The maximum atomic E-state index is 13.0. The van der Waals surface area contributed by atoms with Gasteiger partial charge in [0.15, 0.2) is 6.10 Å². The van der Waals surface area contributed by atoms with Gasteiger partial charge in [-0.15, -0.1) is 0 Å². The number of carbonyl (C=O) groups excluding carboxylic acids is 1. The van der Waals surface area contributed by atoms with Crippen molar-refractivity contribution in [3.63, 3.8) is 0 Å². The zero-order valence-corrected chi connectivity index (χ0v) is 16.1. The first-order valence-electron chi connectivity index (χ1n) is 9.27. The number of aromatic nitrogens is 2. The summed E-state index contributed by atoms with van der Waals surface area (Å²) in [6.07, 6.45) is 3.19. The molecule has 29 heavy (non-hydrogen) atoms. The van der Waals surface area contributed by atoms with E-state index in [0.29, 0.717) is 11.4 Å². The molecule has 146 valence electrons. The normalized spacial score (nSPS) is 12.0. The minimum absolute atomic E-state index is 0.294. The summed E-state index contributed by atoms with van der Waals surface area (Å²) in [5, 5.41) is 2.85. The second-order valence-corrected chi connectivity index (χ2v) is 6.88. The number of fused-ring (bicyclic) bond motifs is 1. The minimum Gasteiger partial charge on any atom is -0.481 e. The molecule has 0 aliphatic carbocycles. The lowest BCUT2D eigenvalue weighted by Crippen LogP contribution is -2.30. The van der Waals surface area contributed by atoms with E-state index in [4.69, 9.17) is 4.74 Å². The van der Waals surface area contributed by atoms with Crippen molar-refractivity contribution in [3.8, 4) is 17.0 Å². The Bertz CT molecular complexity index is 1170. The molecule has 0 saturated carbocycles. The van der Waals surface area contributed by atoms with Crippen LogP contribution in [0.15, 0.2) is 73.1 Å². The van der Waals surface area contributed by atoms with Crippen molar-refractivity contribution in [3.05, 3.63) is 84.4 Å². The largest absolute Gasteiger partial charge is 0.481 e. The Morgan fingerprint density at radius 2 is 1.93 bits per heavy atom. The number of pyridine rings is 1. The molecule has 2 aromatic carbocycles. The molecule has 4 aromatic rings. The zero-order valence-electron chi connectivity index (χ0n) is 16.1. The predicted molar refractivity (Wildman–Crippen MR) is 110 cm³/mol. The van der Waals surface area contributed by atoms with Gasteiger partial charge in [-0.3, -0.25) is 4.79 Å². The van der Waals surface area contributed by atoms with Crippen molar-refractivity contribution in [2.75, 3.05) is 5.32 Å². The van der Waals surface area contributed by atoms with Crippen molar-refractivity contribution in [2.45, 2.75) is 20.0 Å². The standard InChI is InChI=1S/C23H20FN3O2/c1-15-10-11-27-14-21(26-22(27)12-15)17-4-3-5-19(13-17)25-23(28)16(2)29-20-8-6-18(24)7-9-20/h3-14,16H,1-2H3,(H,25,28)/t16-/m0/s1. The Kier molecular flexibility index (Phi) is 4.99. The Hall–Kier alpha value is -3.67. The lowest BCUT2D eigenvalue weighted by atomic mass is 10.1. The number of hydrogen-bond donors (Lipinski definition) is 1. The SMILES string of the molecule is Cc1ccn2cc(-c3cccc(NC(=O)[C@H](C)Oc4ccc(F)cc4)c3)nc2c1. The average Bonchev–Trinajstić information content (AvgIpc) is 3.13. The van der Waals surface area contributed by atoms with Crippen LogP contribution in [-0.4, -0.2) is 21.4 Å². The van der Waals surface area contributed by atoms with Crippen molar-refractivity contribution < 1.29 is 13.9 Å². The quantitative estimate of drug-likeness (QED) is 0.531. The number of nitrogens with zero attached hydrogens (tertiary/aromatic N) is 2. The number of imidazole rings is 1. The van der Waals surface area contributed by atoms with E-state index in [2.05, 4.69) is 10.3 Å². The molecule has 0 unspecified atom stereocenters. The molecule has 6 heteroatoms. The summed E-state index contributed by atoms with van der Waals surface area (Å²) in [5.41, 5.74) is 4.38. The highest BCUT2D eigenvalue weighted by molar-refractivity contribution is 5.94. The van der Waals surface area contributed by atoms with Crippen molar-refractivity contribution in [1.29, 1.82) is 0 Å². The third kappa shape index (κ3) is 4.27. The Morgan fingerprint density at radius 1 is 1.14 bits per heavy atom. The Morgan fingerprint density at radius 3 is 2.72 bits per heavy atom. The van der Waals surface area contributed by atoms with Crippen LogP contribution in [0.5, 0.6) is 5.75 Å². The monoisotopic (exact) mass is 389 g/mol. The summed E-state index contributed by atoms with van der Waals surface area (Å²) in [5.74, 6) is -0.215. The highest BCUT2D eigenvalue weighted by Gasteiger charge is 2.15. The van der Waals surface area contributed by atoms with E-state index in [1.807, 2.05) is 60.1 Å². The van der Waals surface area contributed by atoms with Crippen molar-refractivity contribution >= 4 is 17.2 Å². The summed E-state index contributed by atoms with van der Waals surface area (Å²) in [6.45, 7) is 3.67. The van der Waals surface area contributed by atoms with Crippen LogP contribution in [0.2, 0.25) is 0 Å². The van der Waals surface area contributed by atoms with Gasteiger partial charge >= 0.3 is 0 Å². The van der Waals surface area contributed by atoms with Crippen molar-refractivity contribution in [1.82, 2.24) is 9.38 Å². The molecule has 0 bridgehead atoms. The molecule has 0 radical (unpaired) electrons. The molecule has 0 aliphatic rings. The number of anilines is 1. The molecule has 2 aromatic heterocycles. The van der Waals surface area contributed by atoms with Crippen LogP contribution >= 0.6 is 0 Å². The van der Waals surface area contributed by atoms with Crippen LogP contribution in [0.3, 0.4) is 0 Å². The number of rotatable bonds is 5. The molecular formula is C23H20FN3O2. The molecule has 2 heterocycles. The topological polar surface area (TPSA) is 55.6 Å². The van der Waals surface area contributed by atoms with Crippen LogP contribution in [0, 0.1) is 12.7 Å². The first-order chi connectivity index (χ1) is 14.0. The van der Waals surface area contributed by atoms with Gasteiger partial charge < -0.3 is 14.5 Å². The second kappa shape index (κ2) is 7.75. The summed E-state index contributed by atoms with van der Waals surface area (Å²) in [6, 6.07) is 17.1. The third-order valence-corrected chi connectivity index (χ3v) is 4.54. The molecule has 1 N–H and O–H groups in total. The molecule has 0 spiro atoms. The molecule has 5 nitrogen and oxygen atoms in total. The summed E-state index contributed by atoms with van der Waals surface area (Å²) in [7, 11) is 0. The van der Waals surface area contributed by atoms with Gasteiger partial charge in [0, 0.05) is 23.6 Å². The second-order valence-electron chi connectivity index (χ2n) is 6.88. The number of nitrogens with one attached hydrogen (secondary N) is 1. The van der Waals surface area contributed by atoms with Gasteiger partial charge in [-0.1, -0.05) is 12.1 Å². The number of benzene rings is 2. The fourth-order valence-electron chi connectivity index (χ4n) is 2.99. The minimum atomic E-state index is -0.734. The predicted octanol–water partition coefficient (Wildman–Crippen LogP) is 4.85. The first kappa shape index (κ1) is 18.7. The van der Waals surface area contributed by atoms with Gasteiger partial charge in [0.1, 0.15) is 17.2 Å². The number of ether oxygens (including phenoxy) is 1. The van der Waals surface area contributed by atoms with Gasteiger partial charge in [0.2, 0.25) is 0 Å². The summed E-state index contributed by atoms with van der Waals surface area (Å²) < 4.78 is 20.5. The van der Waals surface area contributed by atoms with Gasteiger partial charge in [-0.2, -0.15) is 0 Å². The smallest absolute Gasteiger partial charge is 0.265 e. The molecule has 0 aliphatic heterocycles. The maximum Gasteiger partial charge on any atom is 0.265 e. The van der Waals surface area contributed by atoms with E-state index >= 15 is 0 Å². The lowest BCUT2D eigenvalue weighted by Gasteiger charge is -2.15. The molecule has 0 fully saturated rings. The lowest BCUT2D eigenvalue weighted by molar-refractivity contribution is -0.122. The zero-order chi connectivity index (χ0) is 20.4. The van der Waals surface area contributed by atoms with E-state index in [0.717, 1.165) is 22.5 Å². The highest BCUT2D eigenvalue weighted by Crippen LogP contribution is 2.23. The first-order valence-corrected chi connectivity index (χ1v) is 9.27. The van der Waals surface area contributed by atoms with Gasteiger partial charge in [0.05, 0.1) is 5.69 Å². The molecule has 1 amide bonds. The number of halogens is 1. The summed E-state index contributed by atoms with van der Waals surface area (Å²) in [4.78, 5) is 17.1. The molecule has 1 atom stereocenters. The van der Waals surface area contributed by atoms with E-state index in [1.165, 1.54) is 24.3 Å². The highest BCUT2D eigenvalue weighted by atomic mass is 19.1. The number of aryl methyl sites for hydroxylation is 1. The Labute approximate surface area is 167 Å². The number of amides is 1. The van der Waals surface area contributed by atoms with E-state index in [-0.39, 0.29) is 11.7 Å². The van der Waals surface area contributed by atoms with Crippen LogP contribution in [-0.2, 0) is 4.79 Å². The average molecular weight is 389 g/mol.